The molecule has 4 rings (SSSR count). The molecule has 1 aromatic heterocycles. The van der Waals surface area contributed by atoms with Crippen LogP contribution in [0, 0.1) is 0 Å². The first-order valence-corrected chi connectivity index (χ1v) is 11.3. The summed E-state index contributed by atoms with van der Waals surface area (Å²) in [6, 6.07) is 18.7. The summed E-state index contributed by atoms with van der Waals surface area (Å²) in [7, 11) is 0. The van der Waals surface area contributed by atoms with Gasteiger partial charge in [0.15, 0.2) is 0 Å². The molecule has 1 atom stereocenters. The van der Waals surface area contributed by atoms with E-state index in [1.54, 1.807) is 11.8 Å². The van der Waals surface area contributed by atoms with E-state index in [2.05, 4.69) is 21.7 Å². The number of imidazole rings is 1. The lowest BCUT2D eigenvalue weighted by Gasteiger charge is -2.33. The van der Waals surface area contributed by atoms with Crippen LogP contribution in [0.3, 0.4) is 0 Å². The molecule has 0 bridgehead atoms. The van der Waals surface area contributed by atoms with Crippen molar-refractivity contribution >= 4 is 29.3 Å². The van der Waals surface area contributed by atoms with Crippen molar-refractivity contribution in [1.82, 2.24) is 14.5 Å². The maximum Gasteiger partial charge on any atom is 0.232 e. The van der Waals surface area contributed by atoms with Crippen LogP contribution in [0.25, 0.3) is 0 Å². The number of thioether (sulfide) groups is 1. The summed E-state index contributed by atoms with van der Waals surface area (Å²) in [5.74, 6) is 0.687. The lowest BCUT2D eigenvalue weighted by atomic mass is 10.0. The summed E-state index contributed by atoms with van der Waals surface area (Å²) in [6.45, 7) is 1.61. The van der Waals surface area contributed by atoms with E-state index in [1.165, 1.54) is 5.56 Å². The third kappa shape index (κ3) is 5.03. The standard InChI is InChI=1S/C23H24ClN3OS/c24-20-8-6-19(7-9-20)23(18-4-2-1-3-5-18)29-16-22(28)26-13-10-21(11-14-26)27-15-12-25-17-27/h1-9,12,15,17,21,23H,10-11,13-14,16H2. The van der Waals surface area contributed by atoms with Crippen LogP contribution in [0.4, 0.5) is 0 Å². The van der Waals surface area contributed by atoms with Gasteiger partial charge in [0.1, 0.15) is 0 Å². The molecular formula is C23H24ClN3OS. The molecule has 1 amide bonds. The predicted octanol–water partition coefficient (Wildman–Crippen LogP) is 5.22. The molecule has 0 saturated carbocycles. The average Bonchev–Trinajstić information content (AvgIpc) is 3.31. The lowest BCUT2D eigenvalue weighted by Crippen LogP contribution is -2.40. The highest BCUT2D eigenvalue weighted by molar-refractivity contribution is 8.00. The van der Waals surface area contributed by atoms with Crippen molar-refractivity contribution in [3.8, 4) is 0 Å². The summed E-state index contributed by atoms with van der Waals surface area (Å²) in [6.07, 6.45) is 7.65. The van der Waals surface area contributed by atoms with Crippen LogP contribution in [0.1, 0.15) is 35.3 Å². The van der Waals surface area contributed by atoms with Crippen molar-refractivity contribution in [2.24, 2.45) is 0 Å². The number of hydrogen-bond donors (Lipinski definition) is 0. The molecule has 0 spiro atoms. The van der Waals surface area contributed by atoms with Crippen LogP contribution in [0.15, 0.2) is 73.3 Å². The topological polar surface area (TPSA) is 38.1 Å². The van der Waals surface area contributed by atoms with Gasteiger partial charge in [-0.2, -0.15) is 0 Å². The SMILES string of the molecule is O=C(CSC(c1ccccc1)c1ccc(Cl)cc1)N1CCC(n2ccnc2)CC1. The Morgan fingerprint density at radius 3 is 2.41 bits per heavy atom. The van der Waals surface area contributed by atoms with E-state index >= 15 is 0 Å². The van der Waals surface area contributed by atoms with Gasteiger partial charge < -0.3 is 9.47 Å². The molecule has 1 unspecified atom stereocenters. The number of nitrogens with zero attached hydrogens (tertiary/aromatic N) is 3. The van der Waals surface area contributed by atoms with Crippen LogP contribution in [-0.2, 0) is 4.79 Å². The van der Waals surface area contributed by atoms with E-state index in [-0.39, 0.29) is 11.2 Å². The second-order valence-corrected chi connectivity index (χ2v) is 8.80. The maximum atomic E-state index is 12.9. The number of carbonyl (C=O) groups is 1. The van der Waals surface area contributed by atoms with Crippen molar-refractivity contribution in [3.63, 3.8) is 0 Å². The number of aromatic nitrogens is 2. The molecule has 1 aliphatic heterocycles. The highest BCUT2D eigenvalue weighted by Gasteiger charge is 2.25. The molecule has 2 aromatic carbocycles. The van der Waals surface area contributed by atoms with E-state index in [0.29, 0.717) is 11.8 Å². The normalized spacial score (nSPS) is 16.0. The van der Waals surface area contributed by atoms with Gasteiger partial charge in [-0.1, -0.05) is 54.1 Å². The van der Waals surface area contributed by atoms with Gasteiger partial charge in [0, 0.05) is 36.5 Å². The fourth-order valence-corrected chi connectivity index (χ4v) is 5.11. The minimum absolute atomic E-state index is 0.112. The number of rotatable bonds is 6. The molecule has 1 fully saturated rings. The zero-order valence-corrected chi connectivity index (χ0v) is 17.7. The molecule has 1 saturated heterocycles. The van der Waals surface area contributed by atoms with Crippen molar-refractivity contribution < 1.29 is 4.79 Å². The van der Waals surface area contributed by atoms with Gasteiger partial charge >= 0.3 is 0 Å². The third-order valence-corrected chi connectivity index (χ3v) is 6.96. The molecule has 3 aromatic rings. The summed E-state index contributed by atoms with van der Waals surface area (Å²) in [4.78, 5) is 19.0. The Kier molecular flexibility index (Phi) is 6.57. The number of likely N-dealkylation sites (tertiary alicyclic amines) is 1. The highest BCUT2D eigenvalue weighted by atomic mass is 35.5. The Morgan fingerprint density at radius 2 is 1.76 bits per heavy atom. The fourth-order valence-electron chi connectivity index (χ4n) is 3.80. The van der Waals surface area contributed by atoms with Gasteiger partial charge in [-0.15, -0.1) is 11.8 Å². The van der Waals surface area contributed by atoms with Crippen LogP contribution in [0.5, 0.6) is 0 Å². The van der Waals surface area contributed by atoms with Crippen LogP contribution >= 0.6 is 23.4 Å². The Labute approximate surface area is 180 Å². The zero-order chi connectivity index (χ0) is 20.1. The Morgan fingerprint density at radius 1 is 1.07 bits per heavy atom. The number of benzene rings is 2. The second-order valence-electron chi connectivity index (χ2n) is 7.28. The van der Waals surface area contributed by atoms with E-state index < -0.39 is 0 Å². The highest BCUT2D eigenvalue weighted by Crippen LogP contribution is 2.36. The van der Waals surface area contributed by atoms with Crippen molar-refractivity contribution in [2.45, 2.75) is 24.1 Å². The molecule has 29 heavy (non-hydrogen) atoms. The molecule has 4 nitrogen and oxygen atoms in total. The van der Waals surface area contributed by atoms with Crippen molar-refractivity contribution in [1.29, 1.82) is 0 Å². The van der Waals surface area contributed by atoms with Gasteiger partial charge in [-0.25, -0.2) is 4.98 Å². The van der Waals surface area contributed by atoms with Gasteiger partial charge in [0.05, 0.1) is 17.3 Å². The summed E-state index contributed by atoms with van der Waals surface area (Å²) in [5, 5.41) is 0.836. The van der Waals surface area contributed by atoms with E-state index in [4.69, 9.17) is 11.6 Å². The van der Waals surface area contributed by atoms with Gasteiger partial charge in [0.2, 0.25) is 5.91 Å². The largest absolute Gasteiger partial charge is 0.342 e. The molecule has 0 N–H and O–H groups in total. The molecule has 6 heteroatoms. The molecule has 0 radical (unpaired) electrons. The number of hydrogen-bond acceptors (Lipinski definition) is 3. The Hall–Kier alpha value is -2.24. The average molecular weight is 426 g/mol. The summed E-state index contributed by atoms with van der Waals surface area (Å²) in [5.41, 5.74) is 2.36. The number of carbonyl (C=O) groups excluding carboxylic acids is 1. The predicted molar refractivity (Wildman–Crippen MR) is 119 cm³/mol. The van der Waals surface area contributed by atoms with Gasteiger partial charge in [-0.3, -0.25) is 4.79 Å². The first-order chi connectivity index (χ1) is 14.2. The minimum Gasteiger partial charge on any atom is -0.342 e. The second kappa shape index (κ2) is 9.51. The van der Waals surface area contributed by atoms with Crippen molar-refractivity contribution in [2.75, 3.05) is 18.8 Å². The Bertz CT molecular complexity index is 907. The summed E-state index contributed by atoms with van der Waals surface area (Å²) >= 11 is 7.75. The van der Waals surface area contributed by atoms with Crippen LogP contribution in [-0.4, -0.2) is 39.2 Å². The molecular weight excluding hydrogens is 402 g/mol. The molecule has 150 valence electrons. The number of halogens is 1. The first-order valence-electron chi connectivity index (χ1n) is 9.88. The number of amides is 1. The maximum absolute atomic E-state index is 12.9. The van der Waals surface area contributed by atoms with E-state index in [1.807, 2.05) is 66.1 Å². The molecule has 1 aliphatic rings. The number of piperidine rings is 1. The zero-order valence-electron chi connectivity index (χ0n) is 16.2. The third-order valence-electron chi connectivity index (χ3n) is 5.41. The minimum atomic E-state index is 0.112. The van der Waals surface area contributed by atoms with Gasteiger partial charge in [-0.05, 0) is 36.1 Å². The lowest BCUT2D eigenvalue weighted by molar-refractivity contribution is -0.129. The van der Waals surface area contributed by atoms with Crippen LogP contribution < -0.4 is 0 Å². The van der Waals surface area contributed by atoms with Crippen LogP contribution in [0.2, 0.25) is 5.02 Å². The molecule has 2 heterocycles. The summed E-state index contributed by atoms with van der Waals surface area (Å²) < 4.78 is 2.16. The van der Waals surface area contributed by atoms with E-state index in [0.717, 1.165) is 36.5 Å². The van der Waals surface area contributed by atoms with Crippen molar-refractivity contribution in [3.05, 3.63) is 89.5 Å². The first kappa shape index (κ1) is 20.0. The van der Waals surface area contributed by atoms with Gasteiger partial charge in [0.25, 0.3) is 0 Å². The van der Waals surface area contributed by atoms with E-state index in [9.17, 15) is 4.79 Å². The Balaban J connectivity index is 1.38. The fraction of sp³-hybridized carbons (Fsp3) is 0.304. The molecule has 0 aliphatic carbocycles. The monoisotopic (exact) mass is 425 g/mol. The smallest absolute Gasteiger partial charge is 0.232 e. The quantitative estimate of drug-likeness (QED) is 0.543.